The van der Waals surface area contributed by atoms with Crippen LogP contribution in [0, 0.1) is 0 Å². The summed E-state index contributed by atoms with van der Waals surface area (Å²) in [4.78, 5) is 0.666. The number of para-hydroxylation sites is 1. The molecule has 0 saturated heterocycles. The van der Waals surface area contributed by atoms with E-state index in [1.54, 1.807) is 11.8 Å². The molecule has 3 rings (SSSR count). The van der Waals surface area contributed by atoms with Crippen LogP contribution in [0.25, 0.3) is 0 Å². The fraction of sp³-hybridized carbons (Fsp3) is 0.0769. The maximum Gasteiger partial charge on any atom is 0.165 e. The zero-order chi connectivity index (χ0) is 11.0. The highest BCUT2D eigenvalue weighted by molar-refractivity contribution is 8.00. The molecule has 1 heterocycles. The molecule has 1 aliphatic rings. The van der Waals surface area contributed by atoms with Gasteiger partial charge in [0.15, 0.2) is 4.99 Å². The Kier molecular flexibility index (Phi) is 2.16. The van der Waals surface area contributed by atoms with Crippen LogP contribution in [0.4, 0.5) is 5.69 Å². The summed E-state index contributed by atoms with van der Waals surface area (Å²) in [6.07, 6.45) is 0. The highest BCUT2D eigenvalue weighted by Crippen LogP contribution is 2.47. The molecular formula is C13H12N2S. The van der Waals surface area contributed by atoms with Gasteiger partial charge in [0.05, 0.1) is 5.69 Å². The second-order valence-corrected chi connectivity index (χ2v) is 5.11. The number of anilines is 1. The topological polar surface area (TPSA) is 38.0 Å². The van der Waals surface area contributed by atoms with Gasteiger partial charge in [-0.3, -0.25) is 5.73 Å². The third kappa shape index (κ3) is 1.49. The molecule has 3 heteroatoms. The summed E-state index contributed by atoms with van der Waals surface area (Å²) in [5, 5.41) is 3.37. The van der Waals surface area contributed by atoms with Crippen LogP contribution in [-0.4, -0.2) is 0 Å². The monoisotopic (exact) mass is 228 g/mol. The van der Waals surface area contributed by atoms with Crippen molar-refractivity contribution in [1.29, 1.82) is 0 Å². The maximum atomic E-state index is 6.38. The predicted octanol–water partition coefficient (Wildman–Crippen LogP) is 2.97. The summed E-state index contributed by atoms with van der Waals surface area (Å²) in [5.41, 5.74) is 8.59. The van der Waals surface area contributed by atoms with E-state index >= 15 is 0 Å². The normalized spacial score (nSPS) is 22.6. The molecule has 1 atom stereocenters. The first-order valence-electron chi connectivity index (χ1n) is 5.18. The number of benzene rings is 2. The minimum atomic E-state index is -0.537. The summed E-state index contributed by atoms with van der Waals surface area (Å²) in [5.74, 6) is 0. The molecule has 0 fully saturated rings. The Bertz CT molecular complexity index is 485. The van der Waals surface area contributed by atoms with E-state index in [4.69, 9.17) is 5.73 Å². The molecule has 2 aromatic rings. The molecule has 0 amide bonds. The van der Waals surface area contributed by atoms with E-state index in [0.29, 0.717) is 0 Å². The molecule has 1 unspecified atom stereocenters. The molecule has 2 nitrogen and oxygen atoms in total. The van der Waals surface area contributed by atoms with Crippen molar-refractivity contribution in [3.63, 3.8) is 0 Å². The molecule has 0 saturated carbocycles. The van der Waals surface area contributed by atoms with Crippen LogP contribution in [0.1, 0.15) is 5.56 Å². The first-order valence-corrected chi connectivity index (χ1v) is 6.00. The van der Waals surface area contributed by atoms with Gasteiger partial charge < -0.3 is 5.32 Å². The number of hydrogen-bond acceptors (Lipinski definition) is 3. The first-order chi connectivity index (χ1) is 7.78. The Hall–Kier alpha value is -1.45. The van der Waals surface area contributed by atoms with Crippen LogP contribution in [0.15, 0.2) is 59.5 Å². The van der Waals surface area contributed by atoms with Gasteiger partial charge >= 0.3 is 0 Å². The predicted molar refractivity (Wildman–Crippen MR) is 68.2 cm³/mol. The van der Waals surface area contributed by atoms with Crippen LogP contribution >= 0.6 is 11.8 Å². The molecule has 16 heavy (non-hydrogen) atoms. The van der Waals surface area contributed by atoms with Crippen molar-refractivity contribution >= 4 is 17.4 Å². The second kappa shape index (κ2) is 3.54. The zero-order valence-electron chi connectivity index (χ0n) is 8.68. The molecule has 2 aromatic carbocycles. The molecule has 0 bridgehead atoms. The number of thioether (sulfide) groups is 1. The summed E-state index contributed by atoms with van der Waals surface area (Å²) in [6.45, 7) is 0. The average Bonchev–Trinajstić information content (AvgIpc) is 2.68. The van der Waals surface area contributed by atoms with Crippen LogP contribution in [0.2, 0.25) is 0 Å². The minimum Gasteiger partial charge on any atom is -0.354 e. The molecule has 3 N–H and O–H groups in total. The highest BCUT2D eigenvalue weighted by atomic mass is 32.2. The lowest BCUT2D eigenvalue weighted by atomic mass is 10.1. The van der Waals surface area contributed by atoms with Crippen molar-refractivity contribution in [1.82, 2.24) is 0 Å². The zero-order valence-corrected chi connectivity index (χ0v) is 9.50. The van der Waals surface area contributed by atoms with Gasteiger partial charge in [0.1, 0.15) is 0 Å². The molecule has 0 aliphatic carbocycles. The summed E-state index contributed by atoms with van der Waals surface area (Å²) in [6, 6.07) is 18.3. The standard InChI is InChI=1S/C13H12N2S/c14-13(10-6-2-1-3-7-10)15-11-8-4-5-9-12(11)16-13/h1-9,15H,14H2. The van der Waals surface area contributed by atoms with Gasteiger partial charge in [0.2, 0.25) is 0 Å². The van der Waals surface area contributed by atoms with E-state index in [1.807, 2.05) is 42.5 Å². The van der Waals surface area contributed by atoms with Crippen LogP contribution in [0.5, 0.6) is 0 Å². The Labute approximate surface area is 98.9 Å². The van der Waals surface area contributed by atoms with Crippen LogP contribution < -0.4 is 11.1 Å². The highest BCUT2D eigenvalue weighted by Gasteiger charge is 2.35. The van der Waals surface area contributed by atoms with Crippen molar-refractivity contribution in [2.24, 2.45) is 5.73 Å². The lowest BCUT2D eigenvalue weighted by Gasteiger charge is -2.24. The number of nitrogens with one attached hydrogen (secondary N) is 1. The molecule has 80 valence electrons. The van der Waals surface area contributed by atoms with Gasteiger partial charge in [-0.15, -0.1) is 0 Å². The largest absolute Gasteiger partial charge is 0.354 e. The van der Waals surface area contributed by atoms with Gasteiger partial charge in [0, 0.05) is 10.5 Å². The van der Waals surface area contributed by atoms with E-state index in [9.17, 15) is 0 Å². The number of fused-ring (bicyclic) bond motifs is 1. The van der Waals surface area contributed by atoms with Crippen molar-refractivity contribution in [2.75, 3.05) is 5.32 Å². The maximum absolute atomic E-state index is 6.38. The number of rotatable bonds is 1. The molecule has 0 spiro atoms. The van der Waals surface area contributed by atoms with Crippen molar-refractivity contribution < 1.29 is 0 Å². The second-order valence-electron chi connectivity index (χ2n) is 3.82. The smallest absolute Gasteiger partial charge is 0.165 e. The molecule has 1 aliphatic heterocycles. The Balaban J connectivity index is 2.01. The summed E-state index contributed by atoms with van der Waals surface area (Å²) < 4.78 is 0. The van der Waals surface area contributed by atoms with E-state index < -0.39 is 4.99 Å². The quantitative estimate of drug-likeness (QED) is 0.788. The Morgan fingerprint density at radius 2 is 1.62 bits per heavy atom. The molecular weight excluding hydrogens is 216 g/mol. The number of nitrogens with two attached hydrogens (primary N) is 1. The van der Waals surface area contributed by atoms with Gasteiger partial charge in [-0.25, -0.2) is 0 Å². The van der Waals surface area contributed by atoms with Gasteiger partial charge in [-0.1, -0.05) is 54.2 Å². The van der Waals surface area contributed by atoms with E-state index in [1.165, 1.54) is 4.90 Å². The van der Waals surface area contributed by atoms with Crippen LogP contribution in [-0.2, 0) is 4.99 Å². The molecule has 0 radical (unpaired) electrons. The Morgan fingerprint density at radius 3 is 2.38 bits per heavy atom. The molecule has 0 aromatic heterocycles. The first kappa shape index (κ1) is 9.75. The average molecular weight is 228 g/mol. The lowest BCUT2D eigenvalue weighted by molar-refractivity contribution is 0.769. The van der Waals surface area contributed by atoms with E-state index in [2.05, 4.69) is 17.4 Å². The third-order valence-corrected chi connectivity index (χ3v) is 3.92. The third-order valence-electron chi connectivity index (χ3n) is 2.68. The fourth-order valence-corrected chi connectivity index (χ4v) is 3.01. The van der Waals surface area contributed by atoms with Gasteiger partial charge in [-0.05, 0) is 12.1 Å². The van der Waals surface area contributed by atoms with Crippen molar-refractivity contribution in [3.8, 4) is 0 Å². The van der Waals surface area contributed by atoms with E-state index in [0.717, 1.165) is 11.3 Å². The van der Waals surface area contributed by atoms with Gasteiger partial charge in [-0.2, -0.15) is 0 Å². The summed E-state index contributed by atoms with van der Waals surface area (Å²) >= 11 is 1.66. The lowest BCUT2D eigenvalue weighted by Crippen LogP contribution is -2.38. The van der Waals surface area contributed by atoms with Crippen LogP contribution in [0.3, 0.4) is 0 Å². The Morgan fingerprint density at radius 1 is 0.938 bits per heavy atom. The number of hydrogen-bond donors (Lipinski definition) is 2. The van der Waals surface area contributed by atoms with E-state index in [-0.39, 0.29) is 0 Å². The summed E-state index contributed by atoms with van der Waals surface area (Å²) in [7, 11) is 0. The fourth-order valence-electron chi connectivity index (χ4n) is 1.87. The SMILES string of the molecule is NC1(c2ccccc2)Nc2ccccc2S1. The van der Waals surface area contributed by atoms with Crippen molar-refractivity contribution in [2.45, 2.75) is 9.89 Å². The van der Waals surface area contributed by atoms with Gasteiger partial charge in [0.25, 0.3) is 0 Å². The minimum absolute atomic E-state index is 0.537. The van der Waals surface area contributed by atoms with Crippen molar-refractivity contribution in [3.05, 3.63) is 60.2 Å².